The minimum absolute atomic E-state index is 0.0785. The van der Waals surface area contributed by atoms with Gasteiger partial charge in [-0.1, -0.05) is 24.3 Å². The van der Waals surface area contributed by atoms with E-state index in [0.717, 1.165) is 16.8 Å². The number of carbonyl (C=O) groups is 2. The molecule has 1 N–H and O–H groups in total. The van der Waals surface area contributed by atoms with Crippen LogP contribution in [-0.2, 0) is 4.79 Å². The number of thiophene rings is 1. The maximum Gasteiger partial charge on any atom is 0.305 e. The van der Waals surface area contributed by atoms with Crippen LogP contribution in [0.4, 0.5) is 5.69 Å². The first kappa shape index (κ1) is 15.3. The molecule has 0 bridgehead atoms. The molecule has 0 spiro atoms. The first-order chi connectivity index (χ1) is 10.0. The van der Waals surface area contributed by atoms with Crippen LogP contribution in [0, 0.1) is 13.8 Å². The molecule has 5 heteroatoms. The Morgan fingerprint density at radius 3 is 2.33 bits per heavy atom. The van der Waals surface area contributed by atoms with E-state index in [1.54, 1.807) is 11.0 Å². The number of carbonyl (C=O) groups excluding carboxylic acids is 1. The van der Waals surface area contributed by atoms with Gasteiger partial charge in [0.2, 0.25) is 0 Å². The van der Waals surface area contributed by atoms with Crippen molar-refractivity contribution in [1.82, 2.24) is 0 Å². The molecule has 21 heavy (non-hydrogen) atoms. The second-order valence-electron chi connectivity index (χ2n) is 4.82. The fourth-order valence-electron chi connectivity index (χ4n) is 2.29. The average molecular weight is 303 g/mol. The first-order valence-corrected chi connectivity index (χ1v) is 7.52. The lowest BCUT2D eigenvalue weighted by atomic mass is 10.1. The minimum atomic E-state index is -0.912. The van der Waals surface area contributed by atoms with Gasteiger partial charge < -0.3 is 10.0 Å². The van der Waals surface area contributed by atoms with Crippen LogP contribution in [0.2, 0.25) is 0 Å². The zero-order valence-corrected chi connectivity index (χ0v) is 12.8. The number of nitrogens with zero attached hydrogens (tertiary/aromatic N) is 1. The van der Waals surface area contributed by atoms with E-state index in [2.05, 4.69) is 0 Å². The summed E-state index contributed by atoms with van der Waals surface area (Å²) in [5.41, 5.74) is 2.73. The van der Waals surface area contributed by atoms with Gasteiger partial charge in [-0.3, -0.25) is 9.59 Å². The van der Waals surface area contributed by atoms with Crippen molar-refractivity contribution in [2.24, 2.45) is 0 Å². The Morgan fingerprint density at radius 1 is 1.14 bits per heavy atom. The highest BCUT2D eigenvalue weighted by Gasteiger charge is 2.22. The molecular formula is C16H17NO3S. The van der Waals surface area contributed by atoms with Gasteiger partial charge >= 0.3 is 5.97 Å². The molecule has 0 aliphatic carbocycles. The molecule has 0 atom stereocenters. The Hall–Kier alpha value is -2.14. The zero-order chi connectivity index (χ0) is 15.4. The van der Waals surface area contributed by atoms with Gasteiger partial charge in [0.15, 0.2) is 0 Å². The first-order valence-electron chi connectivity index (χ1n) is 6.64. The fourth-order valence-corrected chi connectivity index (χ4v) is 2.96. The number of carboxylic acids is 1. The number of hydrogen-bond donors (Lipinski definition) is 1. The monoisotopic (exact) mass is 303 g/mol. The van der Waals surface area contributed by atoms with E-state index >= 15 is 0 Å². The number of aryl methyl sites for hydroxylation is 2. The van der Waals surface area contributed by atoms with Crippen LogP contribution in [0.5, 0.6) is 0 Å². The molecule has 1 aromatic carbocycles. The van der Waals surface area contributed by atoms with Gasteiger partial charge in [-0.2, -0.15) is 0 Å². The zero-order valence-electron chi connectivity index (χ0n) is 12.0. The lowest BCUT2D eigenvalue weighted by Gasteiger charge is -2.25. The molecule has 0 radical (unpaired) electrons. The predicted molar refractivity (Wildman–Crippen MR) is 84.2 cm³/mol. The summed E-state index contributed by atoms with van der Waals surface area (Å²) >= 11 is 1.36. The number of amides is 1. The highest BCUT2D eigenvalue weighted by atomic mass is 32.1. The van der Waals surface area contributed by atoms with Gasteiger partial charge in [0.05, 0.1) is 11.3 Å². The summed E-state index contributed by atoms with van der Waals surface area (Å²) in [5, 5.41) is 10.8. The van der Waals surface area contributed by atoms with E-state index in [1.165, 1.54) is 11.3 Å². The Bertz CT molecular complexity index is 629. The summed E-state index contributed by atoms with van der Waals surface area (Å²) < 4.78 is 0. The van der Waals surface area contributed by atoms with E-state index in [4.69, 9.17) is 5.11 Å². The summed E-state index contributed by atoms with van der Waals surface area (Å²) in [7, 11) is 0. The number of benzene rings is 1. The quantitative estimate of drug-likeness (QED) is 0.920. The second kappa shape index (κ2) is 6.54. The van der Waals surface area contributed by atoms with E-state index in [-0.39, 0.29) is 18.9 Å². The van der Waals surface area contributed by atoms with Crippen LogP contribution >= 0.6 is 11.3 Å². The Balaban J connectivity index is 2.40. The lowest BCUT2D eigenvalue weighted by Crippen LogP contribution is -2.33. The molecule has 2 aromatic rings. The molecule has 1 amide bonds. The van der Waals surface area contributed by atoms with E-state index in [9.17, 15) is 9.59 Å². The summed E-state index contributed by atoms with van der Waals surface area (Å²) in [6, 6.07) is 9.36. The lowest BCUT2D eigenvalue weighted by molar-refractivity contribution is -0.136. The minimum Gasteiger partial charge on any atom is -0.481 e. The largest absolute Gasteiger partial charge is 0.481 e. The molecule has 4 nitrogen and oxygen atoms in total. The van der Waals surface area contributed by atoms with Gasteiger partial charge in [-0.15, -0.1) is 11.3 Å². The standard InChI is InChI=1S/C16H17NO3S/c1-11-5-3-6-12(2)15(11)17(9-8-14(18)19)16(20)13-7-4-10-21-13/h3-7,10H,8-9H2,1-2H3,(H,18,19). The van der Waals surface area contributed by atoms with Gasteiger partial charge in [-0.05, 0) is 36.4 Å². The highest BCUT2D eigenvalue weighted by molar-refractivity contribution is 7.12. The normalized spacial score (nSPS) is 10.4. The summed E-state index contributed by atoms with van der Waals surface area (Å²) in [6.07, 6.45) is -0.0785. The molecule has 1 aromatic heterocycles. The number of para-hydroxylation sites is 1. The Labute approximate surface area is 127 Å². The molecule has 0 unspecified atom stereocenters. The molecule has 0 aliphatic rings. The van der Waals surface area contributed by atoms with E-state index in [0.29, 0.717) is 4.88 Å². The van der Waals surface area contributed by atoms with Gasteiger partial charge in [-0.25, -0.2) is 0 Å². The van der Waals surface area contributed by atoms with Crippen molar-refractivity contribution in [3.05, 3.63) is 51.7 Å². The molecular weight excluding hydrogens is 286 g/mol. The third-order valence-electron chi connectivity index (χ3n) is 3.24. The van der Waals surface area contributed by atoms with Crippen LogP contribution in [0.15, 0.2) is 35.7 Å². The molecule has 0 aliphatic heterocycles. The topological polar surface area (TPSA) is 57.6 Å². The van der Waals surface area contributed by atoms with E-state index < -0.39 is 5.97 Å². The van der Waals surface area contributed by atoms with Crippen LogP contribution in [0.25, 0.3) is 0 Å². The summed E-state index contributed by atoms with van der Waals surface area (Å²) in [6.45, 7) is 4.02. The highest BCUT2D eigenvalue weighted by Crippen LogP contribution is 2.27. The molecule has 0 saturated carbocycles. The van der Waals surface area contributed by atoms with Crippen LogP contribution in [-0.4, -0.2) is 23.5 Å². The molecule has 0 fully saturated rings. The van der Waals surface area contributed by atoms with Crippen LogP contribution < -0.4 is 4.90 Å². The van der Waals surface area contributed by atoms with Gasteiger partial charge in [0, 0.05) is 12.2 Å². The molecule has 0 saturated heterocycles. The second-order valence-corrected chi connectivity index (χ2v) is 5.77. The van der Waals surface area contributed by atoms with Crippen molar-refractivity contribution in [3.63, 3.8) is 0 Å². The van der Waals surface area contributed by atoms with Crippen molar-refractivity contribution < 1.29 is 14.7 Å². The maximum absolute atomic E-state index is 12.7. The van der Waals surface area contributed by atoms with Crippen molar-refractivity contribution >= 4 is 28.9 Å². The van der Waals surface area contributed by atoms with Crippen molar-refractivity contribution in [2.75, 3.05) is 11.4 Å². The molecule has 110 valence electrons. The number of aliphatic carboxylic acids is 1. The summed E-state index contributed by atoms with van der Waals surface area (Å²) in [4.78, 5) is 25.7. The average Bonchev–Trinajstić information content (AvgIpc) is 2.95. The Morgan fingerprint density at radius 2 is 1.81 bits per heavy atom. The van der Waals surface area contributed by atoms with Gasteiger partial charge in [0.1, 0.15) is 0 Å². The third kappa shape index (κ3) is 3.49. The number of carboxylic acid groups (broad SMARTS) is 1. The van der Waals surface area contributed by atoms with Gasteiger partial charge in [0.25, 0.3) is 5.91 Å². The third-order valence-corrected chi connectivity index (χ3v) is 4.09. The maximum atomic E-state index is 12.7. The molecule has 2 rings (SSSR count). The van der Waals surface area contributed by atoms with Crippen molar-refractivity contribution in [3.8, 4) is 0 Å². The predicted octanol–water partition coefficient (Wildman–Crippen LogP) is 3.49. The number of anilines is 1. The van der Waals surface area contributed by atoms with Crippen LogP contribution in [0.1, 0.15) is 27.2 Å². The Kier molecular flexibility index (Phi) is 4.75. The van der Waals surface area contributed by atoms with Crippen molar-refractivity contribution in [1.29, 1.82) is 0 Å². The molecule has 1 heterocycles. The van der Waals surface area contributed by atoms with E-state index in [1.807, 2.05) is 43.5 Å². The SMILES string of the molecule is Cc1cccc(C)c1N(CCC(=O)O)C(=O)c1cccs1. The number of rotatable bonds is 5. The fraction of sp³-hybridized carbons (Fsp3) is 0.250. The number of hydrogen-bond acceptors (Lipinski definition) is 3. The van der Waals surface area contributed by atoms with Crippen molar-refractivity contribution in [2.45, 2.75) is 20.3 Å². The smallest absolute Gasteiger partial charge is 0.305 e. The van der Waals surface area contributed by atoms with Crippen LogP contribution in [0.3, 0.4) is 0 Å². The summed E-state index contributed by atoms with van der Waals surface area (Å²) in [5.74, 6) is -1.06.